The van der Waals surface area contributed by atoms with Crippen molar-refractivity contribution in [3.05, 3.63) is 57.1 Å². The van der Waals surface area contributed by atoms with Crippen LogP contribution in [0.2, 0.25) is 0 Å². The molecule has 3 rings (SSSR count). The van der Waals surface area contributed by atoms with Gasteiger partial charge in [-0.2, -0.15) is 5.26 Å². The van der Waals surface area contributed by atoms with Gasteiger partial charge in [-0.05, 0) is 31.0 Å². The van der Waals surface area contributed by atoms with Crippen molar-refractivity contribution in [2.45, 2.75) is 19.4 Å². The van der Waals surface area contributed by atoms with Crippen molar-refractivity contribution < 1.29 is 17.9 Å². The standard InChI is InChI=1S/C18H16FN3O4S/c1-11-13(8-20)17(23)22(12-6-7-27(25,26)10-12)18(24)14(11)9-21-16-5-3-2-4-15(16)19/h2-5,9,12,24H,6-7,10H2,1H3/t12-/m0/s1. The zero-order valence-electron chi connectivity index (χ0n) is 14.4. The van der Waals surface area contributed by atoms with Crippen LogP contribution in [0.4, 0.5) is 10.1 Å². The van der Waals surface area contributed by atoms with Gasteiger partial charge in [0.25, 0.3) is 5.56 Å². The van der Waals surface area contributed by atoms with Gasteiger partial charge in [-0.25, -0.2) is 12.8 Å². The van der Waals surface area contributed by atoms with Gasteiger partial charge in [0.1, 0.15) is 17.4 Å². The average molecular weight is 389 g/mol. The van der Waals surface area contributed by atoms with E-state index in [1.165, 1.54) is 31.3 Å². The smallest absolute Gasteiger partial charge is 0.271 e. The summed E-state index contributed by atoms with van der Waals surface area (Å²) in [5.74, 6) is -1.45. The molecule has 0 amide bonds. The Bertz CT molecular complexity index is 1150. The summed E-state index contributed by atoms with van der Waals surface area (Å²) in [6, 6.07) is 6.78. The van der Waals surface area contributed by atoms with Crippen LogP contribution in [0.15, 0.2) is 34.1 Å². The van der Waals surface area contributed by atoms with E-state index < -0.39 is 33.1 Å². The quantitative estimate of drug-likeness (QED) is 0.807. The highest BCUT2D eigenvalue weighted by atomic mass is 32.2. The van der Waals surface area contributed by atoms with Crippen LogP contribution in [0, 0.1) is 24.1 Å². The molecule has 1 aromatic heterocycles. The van der Waals surface area contributed by atoms with Crippen LogP contribution in [0.25, 0.3) is 0 Å². The molecular formula is C18H16FN3O4S. The summed E-state index contributed by atoms with van der Waals surface area (Å²) >= 11 is 0. The van der Waals surface area contributed by atoms with Crippen LogP contribution in [0.3, 0.4) is 0 Å². The molecule has 2 aromatic rings. The summed E-state index contributed by atoms with van der Waals surface area (Å²) in [4.78, 5) is 16.6. The van der Waals surface area contributed by atoms with E-state index in [1.807, 2.05) is 0 Å². The number of hydrogen-bond donors (Lipinski definition) is 1. The van der Waals surface area contributed by atoms with E-state index in [0.29, 0.717) is 0 Å². The zero-order valence-corrected chi connectivity index (χ0v) is 15.2. The Morgan fingerprint density at radius 3 is 2.70 bits per heavy atom. The predicted octanol–water partition coefficient (Wildman–Crippen LogP) is 1.98. The van der Waals surface area contributed by atoms with Crippen LogP contribution in [0.1, 0.15) is 29.2 Å². The molecule has 0 spiro atoms. The highest BCUT2D eigenvalue weighted by molar-refractivity contribution is 7.91. The monoisotopic (exact) mass is 389 g/mol. The van der Waals surface area contributed by atoms with Gasteiger partial charge >= 0.3 is 0 Å². The fraction of sp³-hybridized carbons (Fsp3) is 0.278. The molecule has 1 saturated heterocycles. The normalized spacial score (nSPS) is 18.6. The number of aliphatic imine (C=N–C) groups is 1. The Hall–Kier alpha value is -2.99. The van der Waals surface area contributed by atoms with Crippen molar-refractivity contribution in [3.63, 3.8) is 0 Å². The first kappa shape index (κ1) is 18.8. The van der Waals surface area contributed by atoms with Gasteiger partial charge in [0, 0.05) is 6.21 Å². The summed E-state index contributed by atoms with van der Waals surface area (Å²) in [5, 5.41) is 20.0. The summed E-state index contributed by atoms with van der Waals surface area (Å²) in [6.07, 6.45) is 1.33. The van der Waals surface area contributed by atoms with E-state index >= 15 is 0 Å². The number of aromatic nitrogens is 1. The Kier molecular flexibility index (Phi) is 4.85. The third kappa shape index (κ3) is 3.48. The first-order valence-electron chi connectivity index (χ1n) is 8.12. The lowest BCUT2D eigenvalue weighted by Crippen LogP contribution is -2.29. The minimum Gasteiger partial charge on any atom is -0.494 e. The number of hydrogen-bond acceptors (Lipinski definition) is 6. The fourth-order valence-corrected chi connectivity index (χ4v) is 4.80. The largest absolute Gasteiger partial charge is 0.494 e. The minimum atomic E-state index is -3.32. The van der Waals surface area contributed by atoms with Gasteiger partial charge in [0.2, 0.25) is 5.88 Å². The summed E-state index contributed by atoms with van der Waals surface area (Å²) in [5.41, 5.74) is -0.684. The van der Waals surface area contributed by atoms with E-state index in [0.717, 1.165) is 4.57 Å². The van der Waals surface area contributed by atoms with E-state index in [1.54, 1.807) is 12.1 Å². The van der Waals surface area contributed by atoms with Gasteiger partial charge in [0.05, 0.1) is 28.8 Å². The van der Waals surface area contributed by atoms with Crippen LogP contribution in [-0.2, 0) is 9.84 Å². The van der Waals surface area contributed by atoms with E-state index in [2.05, 4.69) is 4.99 Å². The number of halogens is 1. The van der Waals surface area contributed by atoms with Crippen LogP contribution in [-0.4, -0.2) is 35.8 Å². The van der Waals surface area contributed by atoms with Crippen LogP contribution < -0.4 is 5.56 Å². The number of para-hydroxylation sites is 1. The number of pyridine rings is 1. The third-order valence-electron chi connectivity index (χ3n) is 4.55. The Labute approximate surface area is 155 Å². The summed E-state index contributed by atoms with van der Waals surface area (Å²) < 4.78 is 38.2. The molecule has 1 aromatic carbocycles. The number of nitriles is 1. The number of benzene rings is 1. The Morgan fingerprint density at radius 1 is 1.41 bits per heavy atom. The first-order valence-corrected chi connectivity index (χ1v) is 9.94. The van der Waals surface area contributed by atoms with Gasteiger partial charge in [-0.3, -0.25) is 14.4 Å². The van der Waals surface area contributed by atoms with Crippen molar-refractivity contribution in [1.29, 1.82) is 5.26 Å². The molecule has 9 heteroatoms. The maximum atomic E-state index is 13.8. The molecule has 0 aliphatic carbocycles. The second kappa shape index (κ2) is 6.96. The minimum absolute atomic E-state index is 0.0241. The molecule has 0 unspecified atom stereocenters. The zero-order chi connectivity index (χ0) is 19.8. The van der Waals surface area contributed by atoms with Gasteiger partial charge in [0.15, 0.2) is 9.84 Å². The molecule has 1 atom stereocenters. The summed E-state index contributed by atoms with van der Waals surface area (Å²) in [6.45, 7) is 1.47. The molecule has 1 fully saturated rings. The molecule has 1 N–H and O–H groups in total. The molecule has 27 heavy (non-hydrogen) atoms. The fourth-order valence-electron chi connectivity index (χ4n) is 3.10. The molecule has 1 aliphatic heterocycles. The molecule has 140 valence electrons. The van der Waals surface area contributed by atoms with Crippen LogP contribution >= 0.6 is 0 Å². The first-order chi connectivity index (χ1) is 12.7. The van der Waals surface area contributed by atoms with Gasteiger partial charge in [-0.1, -0.05) is 12.1 Å². The summed E-state index contributed by atoms with van der Waals surface area (Å²) in [7, 11) is -3.32. The number of sulfone groups is 1. The molecule has 0 bridgehead atoms. The lowest BCUT2D eigenvalue weighted by Gasteiger charge is -2.18. The predicted molar refractivity (Wildman–Crippen MR) is 97.8 cm³/mol. The van der Waals surface area contributed by atoms with Crippen molar-refractivity contribution in [1.82, 2.24) is 4.57 Å². The van der Waals surface area contributed by atoms with Gasteiger partial charge in [-0.15, -0.1) is 0 Å². The van der Waals surface area contributed by atoms with Crippen molar-refractivity contribution in [3.8, 4) is 11.9 Å². The van der Waals surface area contributed by atoms with Crippen molar-refractivity contribution in [2.24, 2.45) is 4.99 Å². The SMILES string of the molecule is Cc1c(C=Nc2ccccc2F)c(O)n([C@H]2CCS(=O)(=O)C2)c(=O)c1C#N. The van der Waals surface area contributed by atoms with Crippen molar-refractivity contribution >= 4 is 21.7 Å². The second-order valence-corrected chi connectivity index (χ2v) is 8.52. The topological polar surface area (TPSA) is 113 Å². The molecule has 2 heterocycles. The number of rotatable bonds is 3. The molecule has 0 radical (unpaired) electrons. The average Bonchev–Trinajstić information content (AvgIpc) is 2.96. The molecule has 7 nitrogen and oxygen atoms in total. The molecular weight excluding hydrogens is 373 g/mol. The number of aromatic hydroxyl groups is 1. The maximum Gasteiger partial charge on any atom is 0.271 e. The molecule has 1 aliphatic rings. The van der Waals surface area contributed by atoms with Gasteiger partial charge < -0.3 is 5.11 Å². The Morgan fingerprint density at radius 2 is 2.11 bits per heavy atom. The highest BCUT2D eigenvalue weighted by Gasteiger charge is 2.33. The molecule has 0 saturated carbocycles. The van der Waals surface area contributed by atoms with E-state index in [9.17, 15) is 28.0 Å². The van der Waals surface area contributed by atoms with Crippen LogP contribution in [0.5, 0.6) is 5.88 Å². The lowest BCUT2D eigenvalue weighted by molar-refractivity contribution is 0.379. The maximum absolute atomic E-state index is 13.8. The Balaban J connectivity index is 2.18. The second-order valence-electron chi connectivity index (χ2n) is 6.29. The highest BCUT2D eigenvalue weighted by Crippen LogP contribution is 2.30. The number of nitrogens with zero attached hydrogens (tertiary/aromatic N) is 3. The third-order valence-corrected chi connectivity index (χ3v) is 6.30. The van der Waals surface area contributed by atoms with E-state index in [-0.39, 0.29) is 40.3 Å². The lowest BCUT2D eigenvalue weighted by atomic mass is 10.0. The van der Waals surface area contributed by atoms with Crippen molar-refractivity contribution in [2.75, 3.05) is 11.5 Å². The van der Waals surface area contributed by atoms with E-state index in [4.69, 9.17) is 0 Å².